The minimum atomic E-state index is -0.420. The highest BCUT2D eigenvalue weighted by Crippen LogP contribution is 2.36. The second kappa shape index (κ2) is 7.47. The van der Waals surface area contributed by atoms with E-state index in [2.05, 4.69) is 15.9 Å². The van der Waals surface area contributed by atoms with E-state index in [9.17, 15) is 4.79 Å². The molecule has 0 saturated carbocycles. The van der Waals surface area contributed by atoms with Crippen LogP contribution >= 0.6 is 27.5 Å². The molecule has 0 bridgehead atoms. The quantitative estimate of drug-likeness (QED) is 0.414. The van der Waals surface area contributed by atoms with Crippen molar-refractivity contribution in [3.8, 4) is 11.5 Å². The number of benzene rings is 2. The molecule has 0 N–H and O–H groups in total. The molecule has 0 aromatic heterocycles. The van der Waals surface area contributed by atoms with E-state index in [1.165, 1.54) is 14.0 Å². The second-order valence-electron chi connectivity index (χ2n) is 4.47. The Labute approximate surface area is 142 Å². The number of carbonyl (C=O) groups is 1. The van der Waals surface area contributed by atoms with Gasteiger partial charge in [0.2, 0.25) is 0 Å². The van der Waals surface area contributed by atoms with Crippen LogP contribution in [0.2, 0.25) is 5.02 Å². The number of esters is 1. The van der Waals surface area contributed by atoms with Gasteiger partial charge in [0.25, 0.3) is 0 Å². The normalized spacial score (nSPS) is 10.7. The van der Waals surface area contributed by atoms with Gasteiger partial charge in [-0.3, -0.25) is 4.79 Å². The van der Waals surface area contributed by atoms with Gasteiger partial charge in [0.15, 0.2) is 11.5 Å². The van der Waals surface area contributed by atoms with Crippen molar-refractivity contribution < 1.29 is 14.3 Å². The maximum atomic E-state index is 11.3. The molecule has 2 aromatic carbocycles. The van der Waals surface area contributed by atoms with E-state index in [1.54, 1.807) is 12.1 Å². The molecule has 0 heterocycles. The topological polar surface area (TPSA) is 35.5 Å². The molecule has 0 fully saturated rings. The molecule has 2 rings (SSSR count). The third-order valence-corrected chi connectivity index (χ3v) is 3.80. The lowest BCUT2D eigenvalue weighted by molar-refractivity contribution is -0.132. The van der Waals surface area contributed by atoms with Gasteiger partial charge in [0.05, 0.1) is 7.11 Å². The summed E-state index contributed by atoms with van der Waals surface area (Å²) < 4.78 is 11.5. The molecule has 0 aliphatic heterocycles. The Morgan fingerprint density at radius 2 is 1.86 bits per heavy atom. The molecular formula is C17H14BrClO3. The maximum absolute atomic E-state index is 11.3. The first-order valence-corrected chi connectivity index (χ1v) is 7.67. The zero-order valence-electron chi connectivity index (χ0n) is 12.1. The van der Waals surface area contributed by atoms with Gasteiger partial charge in [-0.2, -0.15) is 0 Å². The summed E-state index contributed by atoms with van der Waals surface area (Å²) in [6.45, 7) is 1.34. The summed E-state index contributed by atoms with van der Waals surface area (Å²) >= 11 is 9.57. The fourth-order valence-corrected chi connectivity index (χ4v) is 2.54. The lowest BCUT2D eigenvalue weighted by Crippen LogP contribution is -2.04. The van der Waals surface area contributed by atoms with E-state index >= 15 is 0 Å². The first kappa shape index (κ1) is 16.6. The molecule has 0 aliphatic carbocycles. The SMILES string of the molecule is COc1cc(Cl)cc(/C=C/c2ccccc2Br)c1OC(C)=O. The van der Waals surface area contributed by atoms with Crippen LogP contribution in [0, 0.1) is 0 Å². The number of ether oxygens (including phenoxy) is 2. The molecule has 5 heteroatoms. The van der Waals surface area contributed by atoms with E-state index in [0.29, 0.717) is 22.1 Å². The molecule has 0 unspecified atom stereocenters. The van der Waals surface area contributed by atoms with Crippen LogP contribution < -0.4 is 9.47 Å². The molecule has 0 spiro atoms. The molecule has 0 amide bonds. The molecule has 3 nitrogen and oxygen atoms in total. The fourth-order valence-electron chi connectivity index (χ4n) is 1.91. The Balaban J connectivity index is 2.47. The molecule has 0 atom stereocenters. The molecule has 2 aromatic rings. The Morgan fingerprint density at radius 1 is 1.18 bits per heavy atom. The average molecular weight is 382 g/mol. The largest absolute Gasteiger partial charge is 0.493 e. The highest BCUT2D eigenvalue weighted by molar-refractivity contribution is 9.10. The van der Waals surface area contributed by atoms with Crippen LogP contribution in [0.1, 0.15) is 18.1 Å². The second-order valence-corrected chi connectivity index (χ2v) is 5.77. The fraction of sp³-hybridized carbons (Fsp3) is 0.118. The van der Waals surface area contributed by atoms with E-state index < -0.39 is 5.97 Å². The highest BCUT2D eigenvalue weighted by Gasteiger charge is 2.13. The third kappa shape index (κ3) is 4.12. The predicted octanol–water partition coefficient (Wildman–Crippen LogP) is 5.21. The van der Waals surface area contributed by atoms with E-state index in [-0.39, 0.29) is 0 Å². The van der Waals surface area contributed by atoms with Crippen LogP contribution in [0.3, 0.4) is 0 Å². The van der Waals surface area contributed by atoms with Crippen molar-refractivity contribution in [2.75, 3.05) is 7.11 Å². The average Bonchev–Trinajstić information content (AvgIpc) is 2.48. The van der Waals surface area contributed by atoms with Crippen molar-refractivity contribution in [3.05, 3.63) is 57.0 Å². The number of carbonyl (C=O) groups excluding carboxylic acids is 1. The Morgan fingerprint density at radius 3 is 2.50 bits per heavy atom. The zero-order chi connectivity index (χ0) is 16.1. The maximum Gasteiger partial charge on any atom is 0.308 e. The lowest BCUT2D eigenvalue weighted by Gasteiger charge is -2.11. The van der Waals surface area contributed by atoms with E-state index in [1.807, 2.05) is 36.4 Å². The van der Waals surface area contributed by atoms with Gasteiger partial charge >= 0.3 is 5.97 Å². The van der Waals surface area contributed by atoms with Gasteiger partial charge in [-0.25, -0.2) is 0 Å². The first-order valence-electron chi connectivity index (χ1n) is 6.50. The van der Waals surface area contributed by atoms with Gasteiger partial charge in [0, 0.05) is 28.0 Å². The van der Waals surface area contributed by atoms with Crippen LogP contribution in [0.15, 0.2) is 40.9 Å². The van der Waals surface area contributed by atoms with Crippen LogP contribution in [0.4, 0.5) is 0 Å². The van der Waals surface area contributed by atoms with Crippen LogP contribution in [0.25, 0.3) is 12.2 Å². The third-order valence-electron chi connectivity index (χ3n) is 2.86. The number of methoxy groups -OCH3 is 1. The van der Waals surface area contributed by atoms with Crippen molar-refractivity contribution in [3.63, 3.8) is 0 Å². The van der Waals surface area contributed by atoms with Gasteiger partial charge in [0.1, 0.15) is 0 Å². The number of hydrogen-bond donors (Lipinski definition) is 0. The molecule has 0 saturated heterocycles. The summed E-state index contributed by atoms with van der Waals surface area (Å²) in [7, 11) is 1.50. The van der Waals surface area contributed by atoms with Crippen molar-refractivity contribution in [1.82, 2.24) is 0 Å². The Kier molecular flexibility index (Phi) is 5.63. The number of halogens is 2. The summed E-state index contributed by atoms with van der Waals surface area (Å²) in [5.74, 6) is 0.341. The van der Waals surface area contributed by atoms with Crippen molar-refractivity contribution in [2.24, 2.45) is 0 Å². The molecular weight excluding hydrogens is 368 g/mol. The summed E-state index contributed by atoms with van der Waals surface area (Å²) in [5, 5.41) is 0.500. The molecule has 0 radical (unpaired) electrons. The minimum Gasteiger partial charge on any atom is -0.493 e. The van der Waals surface area contributed by atoms with Crippen LogP contribution in [-0.4, -0.2) is 13.1 Å². The molecule has 114 valence electrons. The van der Waals surface area contributed by atoms with E-state index in [4.69, 9.17) is 21.1 Å². The standard InChI is InChI=1S/C17H14BrClO3/c1-11(20)22-17-13(9-14(19)10-16(17)21-2)8-7-12-5-3-4-6-15(12)18/h3-10H,1-2H3/b8-7+. The Hall–Kier alpha value is -1.78. The van der Waals surface area contributed by atoms with Crippen LogP contribution in [0.5, 0.6) is 11.5 Å². The Bertz CT molecular complexity index is 726. The predicted molar refractivity (Wildman–Crippen MR) is 92.4 cm³/mol. The summed E-state index contributed by atoms with van der Waals surface area (Å²) in [5.41, 5.74) is 1.66. The highest BCUT2D eigenvalue weighted by atomic mass is 79.9. The van der Waals surface area contributed by atoms with E-state index in [0.717, 1.165) is 10.0 Å². The molecule has 22 heavy (non-hydrogen) atoms. The van der Waals surface area contributed by atoms with Gasteiger partial charge in [-0.05, 0) is 17.7 Å². The van der Waals surface area contributed by atoms with Gasteiger partial charge < -0.3 is 9.47 Å². The monoisotopic (exact) mass is 380 g/mol. The molecule has 0 aliphatic rings. The van der Waals surface area contributed by atoms with Crippen molar-refractivity contribution >= 4 is 45.7 Å². The first-order chi connectivity index (χ1) is 10.5. The van der Waals surface area contributed by atoms with Gasteiger partial charge in [-0.1, -0.05) is 57.9 Å². The number of hydrogen-bond acceptors (Lipinski definition) is 3. The smallest absolute Gasteiger partial charge is 0.308 e. The summed E-state index contributed by atoms with van der Waals surface area (Å²) in [6, 6.07) is 11.1. The zero-order valence-corrected chi connectivity index (χ0v) is 14.4. The summed E-state index contributed by atoms with van der Waals surface area (Å²) in [6.07, 6.45) is 3.73. The van der Waals surface area contributed by atoms with Gasteiger partial charge in [-0.15, -0.1) is 0 Å². The van der Waals surface area contributed by atoms with Crippen molar-refractivity contribution in [2.45, 2.75) is 6.92 Å². The van der Waals surface area contributed by atoms with Crippen LogP contribution in [-0.2, 0) is 4.79 Å². The minimum absolute atomic E-state index is 0.350. The lowest BCUT2D eigenvalue weighted by atomic mass is 10.1. The van der Waals surface area contributed by atoms with Crippen molar-refractivity contribution in [1.29, 1.82) is 0 Å². The number of rotatable bonds is 4. The summed E-state index contributed by atoms with van der Waals surface area (Å²) in [4.78, 5) is 11.3.